The molecule has 0 atom stereocenters. The second-order valence-corrected chi connectivity index (χ2v) is 3.03. The Morgan fingerprint density at radius 1 is 1.38 bits per heavy atom. The van der Waals surface area contributed by atoms with E-state index in [0.717, 1.165) is 0 Å². The van der Waals surface area contributed by atoms with E-state index in [0.29, 0.717) is 5.69 Å². The predicted octanol–water partition coefficient (Wildman–Crippen LogP) is 0.296. The van der Waals surface area contributed by atoms with Crippen LogP contribution in [0.3, 0.4) is 0 Å². The summed E-state index contributed by atoms with van der Waals surface area (Å²) in [6.45, 7) is 0. The maximum Gasteiger partial charge on any atom is 0.296 e. The van der Waals surface area contributed by atoms with E-state index in [1.54, 1.807) is 44.0 Å². The summed E-state index contributed by atoms with van der Waals surface area (Å²) in [5, 5.41) is 0. The van der Waals surface area contributed by atoms with Gasteiger partial charge in [-0.15, -0.1) is 0 Å². The van der Waals surface area contributed by atoms with Gasteiger partial charge in [-0.3, -0.25) is 9.59 Å². The molecule has 1 rings (SSSR count). The lowest BCUT2D eigenvalue weighted by molar-refractivity contribution is -0.124. The Kier molecular flexibility index (Phi) is 2.51. The average Bonchev–Trinajstić information content (AvgIpc) is 2.48. The van der Waals surface area contributed by atoms with Gasteiger partial charge in [-0.25, -0.2) is 0 Å². The van der Waals surface area contributed by atoms with Crippen molar-refractivity contribution in [3.05, 3.63) is 24.0 Å². The summed E-state index contributed by atoms with van der Waals surface area (Å²) < 4.78 is 1.63. The van der Waals surface area contributed by atoms with Gasteiger partial charge in [0, 0.05) is 27.3 Å². The number of ketones is 1. The molecule has 1 aromatic rings. The third-order valence-electron chi connectivity index (χ3n) is 1.78. The number of carbonyl (C=O) groups excluding carboxylic acids is 2. The zero-order valence-electron chi connectivity index (χ0n) is 7.94. The van der Waals surface area contributed by atoms with Crippen LogP contribution in [0.2, 0.25) is 0 Å². The normalized spacial score (nSPS) is 9.77. The van der Waals surface area contributed by atoms with Crippen molar-refractivity contribution in [2.75, 3.05) is 14.1 Å². The topological polar surface area (TPSA) is 42.3 Å². The van der Waals surface area contributed by atoms with E-state index >= 15 is 0 Å². The SMILES string of the molecule is CN(C)C(=O)C(=O)c1cccn1C. The molecule has 0 unspecified atom stereocenters. The number of amides is 1. The first-order valence-electron chi connectivity index (χ1n) is 3.91. The van der Waals surface area contributed by atoms with Gasteiger partial charge in [0.2, 0.25) is 0 Å². The van der Waals surface area contributed by atoms with Crippen LogP contribution in [0.1, 0.15) is 10.5 Å². The largest absolute Gasteiger partial charge is 0.348 e. The maximum atomic E-state index is 11.5. The van der Waals surface area contributed by atoms with E-state index in [4.69, 9.17) is 0 Å². The molecule has 0 aliphatic rings. The number of aromatic nitrogens is 1. The van der Waals surface area contributed by atoms with Gasteiger partial charge in [0.15, 0.2) is 0 Å². The fraction of sp³-hybridized carbons (Fsp3) is 0.333. The number of nitrogens with zero attached hydrogens (tertiary/aromatic N) is 2. The molecule has 0 bridgehead atoms. The van der Waals surface area contributed by atoms with E-state index in [-0.39, 0.29) is 0 Å². The quantitative estimate of drug-likeness (QED) is 0.485. The molecular formula is C9H12N2O2. The minimum atomic E-state index is -0.498. The highest BCUT2D eigenvalue weighted by atomic mass is 16.2. The smallest absolute Gasteiger partial charge is 0.296 e. The van der Waals surface area contributed by atoms with Gasteiger partial charge in [-0.05, 0) is 12.1 Å². The van der Waals surface area contributed by atoms with Crippen LogP contribution in [-0.4, -0.2) is 35.3 Å². The van der Waals surface area contributed by atoms with Gasteiger partial charge >= 0.3 is 0 Å². The highest BCUT2D eigenvalue weighted by Gasteiger charge is 2.19. The van der Waals surface area contributed by atoms with E-state index in [1.165, 1.54) is 4.90 Å². The fourth-order valence-corrected chi connectivity index (χ4v) is 1.01. The highest BCUT2D eigenvalue weighted by molar-refractivity contribution is 6.42. The van der Waals surface area contributed by atoms with Crippen molar-refractivity contribution in [3.8, 4) is 0 Å². The molecule has 4 heteroatoms. The monoisotopic (exact) mass is 180 g/mol. The number of rotatable bonds is 2. The minimum absolute atomic E-state index is 0.415. The van der Waals surface area contributed by atoms with Crippen LogP contribution in [0.15, 0.2) is 18.3 Å². The Bertz CT molecular complexity index is 339. The standard InChI is InChI=1S/C9H12N2O2/c1-10(2)9(13)8(12)7-5-4-6-11(7)3/h4-6H,1-3H3. The van der Waals surface area contributed by atoms with Crippen LogP contribution in [-0.2, 0) is 11.8 Å². The highest BCUT2D eigenvalue weighted by Crippen LogP contribution is 2.02. The van der Waals surface area contributed by atoms with Crippen molar-refractivity contribution < 1.29 is 9.59 Å². The van der Waals surface area contributed by atoms with Crippen LogP contribution in [0.25, 0.3) is 0 Å². The zero-order valence-corrected chi connectivity index (χ0v) is 7.94. The molecule has 0 saturated heterocycles. The molecule has 70 valence electrons. The molecule has 0 N–H and O–H groups in total. The predicted molar refractivity (Wildman–Crippen MR) is 48.4 cm³/mol. The summed E-state index contributed by atoms with van der Waals surface area (Å²) in [6.07, 6.45) is 1.73. The summed E-state index contributed by atoms with van der Waals surface area (Å²) in [5.74, 6) is -0.973. The maximum absolute atomic E-state index is 11.5. The van der Waals surface area contributed by atoms with Gasteiger partial charge in [0.1, 0.15) is 0 Å². The van der Waals surface area contributed by atoms with Gasteiger partial charge < -0.3 is 9.47 Å². The van der Waals surface area contributed by atoms with Gasteiger partial charge in [0.05, 0.1) is 5.69 Å². The number of hydrogen-bond acceptors (Lipinski definition) is 2. The molecule has 0 fully saturated rings. The number of hydrogen-bond donors (Lipinski definition) is 0. The van der Waals surface area contributed by atoms with E-state index in [9.17, 15) is 9.59 Å². The molecule has 0 aliphatic heterocycles. The van der Waals surface area contributed by atoms with E-state index < -0.39 is 11.7 Å². The summed E-state index contributed by atoms with van der Waals surface area (Å²) in [4.78, 5) is 24.0. The first kappa shape index (κ1) is 9.51. The van der Waals surface area contributed by atoms with Gasteiger partial charge in [-0.1, -0.05) is 0 Å². The van der Waals surface area contributed by atoms with E-state index in [1.807, 2.05) is 0 Å². The number of aryl methyl sites for hydroxylation is 1. The molecule has 13 heavy (non-hydrogen) atoms. The third kappa shape index (κ3) is 1.77. The van der Waals surface area contributed by atoms with Crippen molar-refractivity contribution in [1.82, 2.24) is 9.47 Å². The molecule has 0 aliphatic carbocycles. The number of carbonyl (C=O) groups is 2. The van der Waals surface area contributed by atoms with Crippen molar-refractivity contribution in [3.63, 3.8) is 0 Å². The Hall–Kier alpha value is -1.58. The molecule has 0 aromatic carbocycles. The Labute approximate surface area is 76.8 Å². The molecule has 4 nitrogen and oxygen atoms in total. The molecular weight excluding hydrogens is 168 g/mol. The summed E-state index contributed by atoms with van der Waals surface area (Å²) in [7, 11) is 4.85. The Morgan fingerprint density at radius 3 is 2.38 bits per heavy atom. The Morgan fingerprint density at radius 2 is 2.00 bits per heavy atom. The number of Topliss-reactive ketones (excluding diaryl/α,β-unsaturated/α-hetero) is 1. The molecule has 0 saturated carbocycles. The van der Waals surface area contributed by atoms with Gasteiger partial charge in [0.25, 0.3) is 11.7 Å². The van der Waals surface area contributed by atoms with Crippen molar-refractivity contribution >= 4 is 11.7 Å². The van der Waals surface area contributed by atoms with Crippen molar-refractivity contribution in [1.29, 1.82) is 0 Å². The molecule has 1 heterocycles. The third-order valence-corrected chi connectivity index (χ3v) is 1.78. The second-order valence-electron chi connectivity index (χ2n) is 3.03. The molecule has 0 spiro atoms. The molecule has 0 radical (unpaired) electrons. The summed E-state index contributed by atoms with van der Waals surface area (Å²) in [5.41, 5.74) is 0.415. The Balaban J connectivity index is 2.92. The van der Waals surface area contributed by atoms with Crippen LogP contribution in [0, 0.1) is 0 Å². The summed E-state index contributed by atoms with van der Waals surface area (Å²) >= 11 is 0. The second kappa shape index (κ2) is 3.43. The molecule has 1 aromatic heterocycles. The lowest BCUT2D eigenvalue weighted by Crippen LogP contribution is -2.30. The van der Waals surface area contributed by atoms with Crippen LogP contribution < -0.4 is 0 Å². The zero-order chi connectivity index (χ0) is 10.0. The minimum Gasteiger partial charge on any atom is -0.348 e. The summed E-state index contributed by atoms with van der Waals surface area (Å²) in [6, 6.07) is 3.36. The van der Waals surface area contributed by atoms with E-state index in [2.05, 4.69) is 0 Å². The lowest BCUT2D eigenvalue weighted by atomic mass is 10.2. The van der Waals surface area contributed by atoms with Gasteiger partial charge in [-0.2, -0.15) is 0 Å². The van der Waals surface area contributed by atoms with Crippen LogP contribution in [0.5, 0.6) is 0 Å². The average molecular weight is 180 g/mol. The number of likely N-dealkylation sites (N-methyl/N-ethyl adjacent to an activating group) is 1. The van der Waals surface area contributed by atoms with Crippen molar-refractivity contribution in [2.24, 2.45) is 7.05 Å². The fourth-order valence-electron chi connectivity index (χ4n) is 1.01. The lowest BCUT2D eigenvalue weighted by Gasteiger charge is -2.08. The first-order valence-corrected chi connectivity index (χ1v) is 3.91. The van der Waals surface area contributed by atoms with Crippen molar-refractivity contribution in [2.45, 2.75) is 0 Å². The molecule has 1 amide bonds. The van der Waals surface area contributed by atoms with Crippen LogP contribution >= 0.6 is 0 Å². The first-order chi connectivity index (χ1) is 6.04. The van der Waals surface area contributed by atoms with Crippen LogP contribution in [0.4, 0.5) is 0 Å².